The minimum Gasteiger partial charge on any atom is -0.465 e. The van der Waals surface area contributed by atoms with Crippen LogP contribution < -0.4 is 4.74 Å². The maximum atomic E-state index is 5.99. The molecule has 0 saturated heterocycles. The molecule has 1 aromatic heterocycles. The third-order valence-corrected chi connectivity index (χ3v) is 3.49. The number of ether oxygens (including phenoxy) is 1. The number of para-hydroxylation sites is 1. The third kappa shape index (κ3) is 2.25. The van der Waals surface area contributed by atoms with Crippen LogP contribution in [0.2, 0.25) is 0 Å². The Balaban J connectivity index is 1.71. The van der Waals surface area contributed by atoms with E-state index in [1.165, 1.54) is 0 Å². The van der Waals surface area contributed by atoms with Crippen molar-refractivity contribution in [2.24, 2.45) is 0 Å². The van der Waals surface area contributed by atoms with Crippen LogP contribution in [0, 0.1) is 6.42 Å². The molecule has 1 radical (unpaired) electrons. The van der Waals surface area contributed by atoms with Gasteiger partial charge in [-0.2, -0.15) is 0 Å². The summed E-state index contributed by atoms with van der Waals surface area (Å²) in [6.07, 6.45) is 5.91. The normalized spacial score (nSPS) is 12.9. The highest BCUT2D eigenvalue weighted by atomic mass is 16.5. The van der Waals surface area contributed by atoms with Crippen LogP contribution in [-0.4, -0.2) is 0 Å². The monoisotopic (exact) mass is 273 g/mol. The zero-order valence-corrected chi connectivity index (χ0v) is 11.3. The summed E-state index contributed by atoms with van der Waals surface area (Å²) in [5, 5.41) is 0. The molecule has 2 heteroatoms. The van der Waals surface area contributed by atoms with E-state index in [2.05, 4.69) is 18.6 Å². The van der Waals surface area contributed by atoms with Gasteiger partial charge in [0.25, 0.3) is 0 Å². The molecule has 2 aromatic carbocycles. The second-order valence-electron chi connectivity index (χ2n) is 4.90. The second kappa shape index (κ2) is 4.98. The molecule has 1 aliphatic rings. The smallest absolute Gasteiger partial charge is 0.134 e. The van der Waals surface area contributed by atoms with Crippen molar-refractivity contribution in [2.45, 2.75) is 0 Å². The molecule has 1 heterocycles. The van der Waals surface area contributed by atoms with E-state index < -0.39 is 0 Å². The molecule has 21 heavy (non-hydrogen) atoms. The van der Waals surface area contributed by atoms with Crippen molar-refractivity contribution in [3.8, 4) is 11.5 Å². The summed E-state index contributed by atoms with van der Waals surface area (Å²) in [7, 11) is 0. The molecular formula is C19H13O2. The van der Waals surface area contributed by atoms with Crippen LogP contribution in [0.25, 0.3) is 11.6 Å². The number of benzene rings is 2. The Kier molecular flexibility index (Phi) is 2.86. The molecule has 2 nitrogen and oxygen atoms in total. The predicted molar refractivity (Wildman–Crippen MR) is 82.9 cm³/mol. The van der Waals surface area contributed by atoms with Crippen molar-refractivity contribution in [1.82, 2.24) is 0 Å². The van der Waals surface area contributed by atoms with Crippen LogP contribution in [0.5, 0.6) is 11.5 Å². The molecule has 0 fully saturated rings. The van der Waals surface area contributed by atoms with Crippen LogP contribution >= 0.6 is 0 Å². The minimum atomic E-state index is 0.839. The molecule has 0 spiro atoms. The maximum absolute atomic E-state index is 5.99. The quantitative estimate of drug-likeness (QED) is 0.656. The molecule has 4 rings (SSSR count). The lowest BCUT2D eigenvalue weighted by atomic mass is 10.1. The number of hydrogen-bond donors (Lipinski definition) is 0. The Morgan fingerprint density at radius 2 is 1.71 bits per heavy atom. The molecular weight excluding hydrogens is 260 g/mol. The van der Waals surface area contributed by atoms with Gasteiger partial charge >= 0.3 is 0 Å². The summed E-state index contributed by atoms with van der Waals surface area (Å²) < 4.78 is 11.5. The highest BCUT2D eigenvalue weighted by molar-refractivity contribution is 5.94. The van der Waals surface area contributed by atoms with E-state index in [-0.39, 0.29) is 0 Å². The summed E-state index contributed by atoms with van der Waals surface area (Å²) in [6, 6.07) is 19.8. The number of allylic oxidation sites excluding steroid dienone is 1. The Morgan fingerprint density at radius 1 is 0.810 bits per heavy atom. The lowest BCUT2D eigenvalue weighted by Crippen LogP contribution is -1.88. The zero-order chi connectivity index (χ0) is 14.1. The van der Waals surface area contributed by atoms with Crippen LogP contribution in [0.1, 0.15) is 16.9 Å². The van der Waals surface area contributed by atoms with Crippen LogP contribution in [0.15, 0.2) is 71.3 Å². The molecule has 3 aromatic rings. The van der Waals surface area contributed by atoms with E-state index in [9.17, 15) is 0 Å². The highest BCUT2D eigenvalue weighted by Gasteiger charge is 2.19. The van der Waals surface area contributed by atoms with Gasteiger partial charge in [0.1, 0.15) is 17.3 Å². The Labute approximate surface area is 123 Å². The van der Waals surface area contributed by atoms with Gasteiger partial charge in [0.05, 0.1) is 6.26 Å². The van der Waals surface area contributed by atoms with Crippen molar-refractivity contribution in [3.63, 3.8) is 0 Å². The first-order valence-electron chi connectivity index (χ1n) is 6.86. The highest BCUT2D eigenvalue weighted by Crippen LogP contribution is 2.39. The number of hydrogen-bond acceptors (Lipinski definition) is 2. The van der Waals surface area contributed by atoms with Crippen molar-refractivity contribution < 1.29 is 9.15 Å². The topological polar surface area (TPSA) is 22.4 Å². The minimum absolute atomic E-state index is 0.839. The van der Waals surface area contributed by atoms with Crippen LogP contribution in [0.4, 0.5) is 0 Å². The molecule has 0 N–H and O–H groups in total. The van der Waals surface area contributed by atoms with Crippen molar-refractivity contribution in [2.75, 3.05) is 0 Å². The van der Waals surface area contributed by atoms with Gasteiger partial charge in [-0.1, -0.05) is 30.3 Å². The number of fused-ring (bicyclic) bond motifs is 1. The summed E-state index contributed by atoms with van der Waals surface area (Å²) in [5.41, 5.74) is 3.31. The first-order valence-corrected chi connectivity index (χ1v) is 6.86. The number of rotatable bonds is 3. The van der Waals surface area contributed by atoms with Gasteiger partial charge in [-0.25, -0.2) is 0 Å². The predicted octanol–water partition coefficient (Wildman–Crippen LogP) is 5.18. The average molecular weight is 273 g/mol. The fourth-order valence-electron chi connectivity index (χ4n) is 2.50. The largest absolute Gasteiger partial charge is 0.465 e. The molecule has 1 aliphatic carbocycles. The van der Waals surface area contributed by atoms with Gasteiger partial charge in [-0.05, 0) is 42.0 Å². The average Bonchev–Trinajstić information content (AvgIpc) is 3.18. The van der Waals surface area contributed by atoms with Crippen molar-refractivity contribution in [3.05, 3.63) is 90.2 Å². The molecule has 0 amide bonds. The van der Waals surface area contributed by atoms with E-state index >= 15 is 0 Å². The Bertz CT molecular complexity index is 784. The van der Waals surface area contributed by atoms with Crippen LogP contribution in [0.3, 0.4) is 0 Å². The maximum Gasteiger partial charge on any atom is 0.134 e. The van der Waals surface area contributed by atoms with Crippen molar-refractivity contribution in [1.29, 1.82) is 0 Å². The Hall–Kier alpha value is -2.74. The third-order valence-electron chi connectivity index (χ3n) is 3.49. The molecule has 0 atom stereocenters. The van der Waals surface area contributed by atoms with Gasteiger partial charge in [0, 0.05) is 17.6 Å². The van der Waals surface area contributed by atoms with Crippen LogP contribution in [-0.2, 0) is 0 Å². The summed E-state index contributed by atoms with van der Waals surface area (Å²) in [4.78, 5) is 0. The van der Waals surface area contributed by atoms with Gasteiger partial charge in [0.15, 0.2) is 0 Å². The Morgan fingerprint density at radius 3 is 2.52 bits per heavy atom. The fraction of sp³-hybridized carbons (Fsp3) is 0. The van der Waals surface area contributed by atoms with E-state index in [1.54, 1.807) is 6.26 Å². The summed E-state index contributed by atoms with van der Waals surface area (Å²) in [5.74, 6) is 2.57. The first kappa shape index (κ1) is 12.0. The molecule has 0 unspecified atom stereocenters. The van der Waals surface area contributed by atoms with E-state index in [4.69, 9.17) is 9.15 Å². The van der Waals surface area contributed by atoms with Gasteiger partial charge < -0.3 is 9.15 Å². The fourth-order valence-corrected chi connectivity index (χ4v) is 2.50. The van der Waals surface area contributed by atoms with Gasteiger partial charge in [0.2, 0.25) is 0 Å². The van der Waals surface area contributed by atoms with Gasteiger partial charge in [-0.15, -0.1) is 0 Å². The second-order valence-corrected chi connectivity index (χ2v) is 4.90. The van der Waals surface area contributed by atoms with E-state index in [1.807, 2.05) is 54.6 Å². The number of furan rings is 1. The standard InChI is InChI=1S/C19H13O2/c1-2-7-16(8-3-1)21-19-9-4-6-14-12-15(13-17(14)19)18-10-5-11-20-18/h1-13H. The molecule has 101 valence electrons. The van der Waals surface area contributed by atoms with Crippen molar-refractivity contribution >= 4 is 11.6 Å². The summed E-state index contributed by atoms with van der Waals surface area (Å²) in [6.45, 7) is 0. The molecule has 0 saturated carbocycles. The van der Waals surface area contributed by atoms with E-state index in [0.717, 1.165) is 34.0 Å². The lowest BCUT2D eigenvalue weighted by molar-refractivity contribution is 0.481. The molecule has 0 bridgehead atoms. The molecule has 0 aliphatic heterocycles. The van der Waals surface area contributed by atoms with Gasteiger partial charge in [-0.3, -0.25) is 0 Å². The zero-order valence-electron chi connectivity index (χ0n) is 11.3. The SMILES string of the molecule is [CH]1C(c2ccco2)=Cc2c1cccc2Oc1ccccc1. The summed E-state index contributed by atoms with van der Waals surface area (Å²) >= 11 is 0. The van der Waals surface area contributed by atoms with E-state index in [0.29, 0.717) is 0 Å². The first-order chi connectivity index (χ1) is 10.4. The lowest BCUT2D eigenvalue weighted by Gasteiger charge is -2.09.